The monoisotopic (exact) mass is 473 g/mol. The van der Waals surface area contributed by atoms with Crippen molar-refractivity contribution in [2.75, 3.05) is 25.5 Å². The number of carbonyl (C=O) groups excluding carboxylic acids is 1. The van der Waals surface area contributed by atoms with Crippen LogP contribution >= 0.6 is 11.3 Å². The number of ether oxygens (including phenoxy) is 1. The predicted molar refractivity (Wildman–Crippen MR) is 135 cm³/mol. The average molecular weight is 474 g/mol. The van der Waals surface area contributed by atoms with Crippen LogP contribution in [-0.2, 0) is 6.54 Å². The molecule has 3 heterocycles. The summed E-state index contributed by atoms with van der Waals surface area (Å²) in [6.07, 6.45) is 5.55. The summed E-state index contributed by atoms with van der Waals surface area (Å²) in [5.41, 5.74) is 3.64. The van der Waals surface area contributed by atoms with E-state index in [1.807, 2.05) is 60.0 Å². The van der Waals surface area contributed by atoms with E-state index < -0.39 is 0 Å². The maximum absolute atomic E-state index is 13.4. The lowest BCUT2D eigenvalue weighted by molar-refractivity contribution is 0.102. The summed E-state index contributed by atoms with van der Waals surface area (Å²) < 4.78 is 7.27. The van der Waals surface area contributed by atoms with Crippen molar-refractivity contribution in [1.82, 2.24) is 19.7 Å². The number of hydrogen-bond acceptors (Lipinski definition) is 6. The number of thiazole rings is 1. The number of rotatable bonds is 7. The number of hydrogen-bond donors (Lipinski definition) is 1. The summed E-state index contributed by atoms with van der Waals surface area (Å²) in [7, 11) is 1.62. The molecule has 8 heteroatoms. The molecular weight excluding hydrogens is 446 g/mol. The molecule has 1 amide bonds. The van der Waals surface area contributed by atoms with Crippen molar-refractivity contribution < 1.29 is 9.53 Å². The number of carbonyl (C=O) groups is 1. The van der Waals surface area contributed by atoms with Gasteiger partial charge in [0.15, 0.2) is 5.13 Å². The molecule has 0 bridgehead atoms. The molecule has 0 unspecified atom stereocenters. The molecule has 1 aliphatic heterocycles. The molecule has 0 atom stereocenters. The highest BCUT2D eigenvalue weighted by molar-refractivity contribution is 7.14. The van der Waals surface area contributed by atoms with Crippen LogP contribution in [0, 0.1) is 0 Å². The highest BCUT2D eigenvalue weighted by Gasteiger charge is 2.22. The molecule has 1 saturated heterocycles. The molecule has 4 aromatic rings. The van der Waals surface area contributed by atoms with Crippen molar-refractivity contribution in [3.8, 4) is 22.7 Å². The zero-order valence-electron chi connectivity index (χ0n) is 19.1. The van der Waals surface area contributed by atoms with E-state index in [2.05, 4.69) is 15.2 Å². The van der Waals surface area contributed by atoms with Crippen LogP contribution in [-0.4, -0.2) is 45.8 Å². The van der Waals surface area contributed by atoms with Crippen molar-refractivity contribution >= 4 is 22.4 Å². The lowest BCUT2D eigenvalue weighted by atomic mass is 10.1. The first-order valence-electron chi connectivity index (χ1n) is 11.5. The topological polar surface area (TPSA) is 72.3 Å². The lowest BCUT2D eigenvalue weighted by Crippen LogP contribution is -2.29. The Bertz CT molecular complexity index is 1260. The first kappa shape index (κ1) is 22.3. The zero-order valence-corrected chi connectivity index (χ0v) is 19.9. The maximum Gasteiger partial charge on any atom is 0.261 e. The molecule has 2 aromatic carbocycles. The van der Waals surface area contributed by atoms with Crippen LogP contribution in [0.5, 0.6) is 5.75 Å². The second-order valence-corrected chi connectivity index (χ2v) is 9.16. The number of benzene rings is 2. The zero-order chi connectivity index (χ0) is 23.3. The Balaban J connectivity index is 1.43. The van der Waals surface area contributed by atoms with Gasteiger partial charge in [0.05, 0.1) is 24.1 Å². The second-order valence-electron chi connectivity index (χ2n) is 8.31. The van der Waals surface area contributed by atoms with Gasteiger partial charge in [-0.1, -0.05) is 36.8 Å². The first-order valence-corrected chi connectivity index (χ1v) is 12.4. The van der Waals surface area contributed by atoms with Gasteiger partial charge in [0, 0.05) is 23.7 Å². The molecule has 7 nitrogen and oxygen atoms in total. The number of methoxy groups -OCH3 is 1. The van der Waals surface area contributed by atoms with Gasteiger partial charge < -0.3 is 4.74 Å². The van der Waals surface area contributed by atoms with Crippen LogP contribution in [0.15, 0.2) is 66.2 Å². The molecule has 0 spiro atoms. The molecule has 1 aliphatic rings. The van der Waals surface area contributed by atoms with E-state index in [-0.39, 0.29) is 5.91 Å². The van der Waals surface area contributed by atoms with Gasteiger partial charge >= 0.3 is 0 Å². The SMILES string of the molecule is COc1ccccc1-c1nn(-c2ccccc2)cc1C(=O)Nc1nc(CN2CCCCC2)cs1. The van der Waals surface area contributed by atoms with Crippen LogP contribution in [0.2, 0.25) is 0 Å². The van der Waals surface area contributed by atoms with Gasteiger partial charge in [0.2, 0.25) is 0 Å². The molecule has 1 N–H and O–H groups in total. The summed E-state index contributed by atoms with van der Waals surface area (Å²) >= 11 is 1.45. The highest BCUT2D eigenvalue weighted by atomic mass is 32.1. The number of anilines is 1. The average Bonchev–Trinajstić information content (AvgIpc) is 3.52. The van der Waals surface area contributed by atoms with Crippen LogP contribution in [0.25, 0.3) is 16.9 Å². The Labute approximate surface area is 203 Å². The number of aromatic nitrogens is 3. The first-order chi connectivity index (χ1) is 16.7. The van der Waals surface area contributed by atoms with E-state index >= 15 is 0 Å². The summed E-state index contributed by atoms with van der Waals surface area (Å²) in [6, 6.07) is 17.3. The quantitative estimate of drug-likeness (QED) is 0.397. The number of amides is 1. The fourth-order valence-electron chi connectivity index (χ4n) is 4.24. The third-order valence-electron chi connectivity index (χ3n) is 5.95. The van der Waals surface area contributed by atoms with Crippen LogP contribution < -0.4 is 10.1 Å². The Morgan fingerprint density at radius 3 is 2.62 bits per heavy atom. The van der Waals surface area contributed by atoms with Crippen molar-refractivity contribution in [2.24, 2.45) is 0 Å². The molecule has 0 saturated carbocycles. The van der Waals surface area contributed by atoms with Gasteiger partial charge in [0.1, 0.15) is 11.4 Å². The Kier molecular flexibility index (Phi) is 6.69. The fraction of sp³-hybridized carbons (Fsp3) is 0.269. The maximum atomic E-state index is 13.4. The fourth-order valence-corrected chi connectivity index (χ4v) is 4.94. The van der Waals surface area contributed by atoms with Gasteiger partial charge in [-0.3, -0.25) is 15.0 Å². The Morgan fingerprint density at radius 1 is 1.06 bits per heavy atom. The van der Waals surface area contributed by atoms with Crippen LogP contribution in [0.3, 0.4) is 0 Å². The highest BCUT2D eigenvalue weighted by Crippen LogP contribution is 2.32. The molecule has 2 aromatic heterocycles. The molecule has 0 radical (unpaired) electrons. The van der Waals surface area contributed by atoms with Gasteiger partial charge in [0.25, 0.3) is 5.91 Å². The van der Waals surface area contributed by atoms with Gasteiger partial charge in [-0.25, -0.2) is 9.67 Å². The Hall–Kier alpha value is -3.49. The van der Waals surface area contributed by atoms with E-state index in [1.54, 1.807) is 18.0 Å². The minimum absolute atomic E-state index is 0.248. The van der Waals surface area contributed by atoms with Gasteiger partial charge in [-0.05, 0) is 50.2 Å². The van der Waals surface area contributed by atoms with Crippen LogP contribution in [0.4, 0.5) is 5.13 Å². The van der Waals surface area contributed by atoms with E-state index in [9.17, 15) is 4.79 Å². The standard InChI is InChI=1S/C26H27N5O2S/c1-33-23-13-7-6-12-21(23)24-22(17-31(29-24)20-10-4-2-5-11-20)25(32)28-26-27-19(18-34-26)16-30-14-8-3-9-15-30/h2,4-7,10-13,17-18H,3,8-9,14-16H2,1H3,(H,27,28,32). The van der Waals surface area contributed by atoms with Crippen molar-refractivity contribution in [1.29, 1.82) is 0 Å². The predicted octanol–water partition coefficient (Wildman–Crippen LogP) is 5.24. The third kappa shape index (κ3) is 4.88. The number of nitrogens with one attached hydrogen (secondary N) is 1. The van der Waals surface area contributed by atoms with Gasteiger partial charge in [-0.15, -0.1) is 11.3 Å². The van der Waals surface area contributed by atoms with Crippen molar-refractivity contribution in [3.05, 3.63) is 77.4 Å². The normalized spacial score (nSPS) is 14.1. The molecule has 0 aliphatic carbocycles. The third-order valence-corrected chi connectivity index (χ3v) is 6.75. The Morgan fingerprint density at radius 2 is 1.82 bits per heavy atom. The van der Waals surface area contributed by atoms with Crippen molar-refractivity contribution in [2.45, 2.75) is 25.8 Å². The summed E-state index contributed by atoms with van der Waals surface area (Å²) in [6.45, 7) is 3.05. The number of piperidine rings is 1. The van der Waals surface area contributed by atoms with Gasteiger partial charge in [-0.2, -0.15) is 5.10 Å². The second kappa shape index (κ2) is 10.2. The van der Waals surface area contributed by atoms with E-state index in [0.29, 0.717) is 22.1 Å². The molecule has 5 rings (SSSR count). The minimum atomic E-state index is -0.248. The molecule has 1 fully saturated rings. The van der Waals surface area contributed by atoms with Crippen LogP contribution in [0.1, 0.15) is 35.3 Å². The lowest BCUT2D eigenvalue weighted by Gasteiger charge is -2.25. The summed E-state index contributed by atoms with van der Waals surface area (Å²) in [5.74, 6) is 0.412. The minimum Gasteiger partial charge on any atom is -0.496 e. The summed E-state index contributed by atoms with van der Waals surface area (Å²) in [5, 5.41) is 10.4. The smallest absolute Gasteiger partial charge is 0.261 e. The number of likely N-dealkylation sites (tertiary alicyclic amines) is 1. The van der Waals surface area contributed by atoms with E-state index in [4.69, 9.17) is 9.84 Å². The number of nitrogens with zero attached hydrogens (tertiary/aromatic N) is 4. The molecule has 34 heavy (non-hydrogen) atoms. The van der Waals surface area contributed by atoms with E-state index in [0.717, 1.165) is 36.6 Å². The molecule has 174 valence electrons. The van der Waals surface area contributed by atoms with Crippen molar-refractivity contribution in [3.63, 3.8) is 0 Å². The largest absolute Gasteiger partial charge is 0.496 e. The molecular formula is C26H27N5O2S. The van der Waals surface area contributed by atoms with E-state index in [1.165, 1.54) is 30.6 Å². The summed E-state index contributed by atoms with van der Waals surface area (Å²) in [4.78, 5) is 20.5. The number of para-hydroxylation sites is 2.